The summed E-state index contributed by atoms with van der Waals surface area (Å²) < 4.78 is 0. The second-order valence-corrected chi connectivity index (χ2v) is 3.29. The molecule has 0 bridgehead atoms. The molecular formula is C11H10N2O2. The molecule has 1 heterocycles. The van der Waals surface area contributed by atoms with Gasteiger partial charge in [0, 0.05) is 5.56 Å². The summed E-state index contributed by atoms with van der Waals surface area (Å²) in [6.07, 6.45) is 0. The molecule has 0 amide bonds. The second kappa shape index (κ2) is 3.57. The standard InChI is InChI=1S/C11H10N2O2/c1-7-4-2-3-5-8(7)9-6-10(11(14)15)13-12-9/h2-6H,1H3,(H,12,13)(H,14,15). The minimum atomic E-state index is -0.998. The highest BCUT2D eigenvalue weighted by Crippen LogP contribution is 2.21. The van der Waals surface area contributed by atoms with Crippen LogP contribution < -0.4 is 0 Å². The molecule has 0 saturated carbocycles. The number of carboxylic acid groups (broad SMARTS) is 1. The third-order valence-corrected chi connectivity index (χ3v) is 2.23. The van der Waals surface area contributed by atoms with Gasteiger partial charge in [-0.05, 0) is 18.6 Å². The average Bonchev–Trinajstić information content (AvgIpc) is 2.67. The Morgan fingerprint density at radius 2 is 2.13 bits per heavy atom. The van der Waals surface area contributed by atoms with Crippen LogP contribution in [-0.2, 0) is 0 Å². The van der Waals surface area contributed by atoms with Gasteiger partial charge in [-0.15, -0.1) is 0 Å². The number of hydrogen-bond donors (Lipinski definition) is 2. The highest BCUT2D eigenvalue weighted by molar-refractivity contribution is 5.87. The van der Waals surface area contributed by atoms with Crippen LogP contribution in [0.15, 0.2) is 30.3 Å². The number of hydrogen-bond acceptors (Lipinski definition) is 2. The molecule has 76 valence electrons. The van der Waals surface area contributed by atoms with Crippen LogP contribution in [0.25, 0.3) is 11.3 Å². The van der Waals surface area contributed by atoms with Crippen molar-refractivity contribution in [3.63, 3.8) is 0 Å². The molecule has 4 nitrogen and oxygen atoms in total. The SMILES string of the molecule is Cc1ccccc1-c1cc(C(=O)O)[nH]n1. The van der Waals surface area contributed by atoms with Gasteiger partial charge in [0.05, 0.1) is 5.69 Å². The number of nitrogens with one attached hydrogen (secondary N) is 1. The molecule has 0 radical (unpaired) electrons. The Balaban J connectivity index is 2.46. The smallest absolute Gasteiger partial charge is 0.353 e. The summed E-state index contributed by atoms with van der Waals surface area (Å²) in [4.78, 5) is 10.7. The van der Waals surface area contributed by atoms with Crippen LogP contribution in [0, 0.1) is 6.92 Å². The van der Waals surface area contributed by atoms with Crippen LogP contribution in [0.1, 0.15) is 16.1 Å². The van der Waals surface area contributed by atoms with Gasteiger partial charge < -0.3 is 5.11 Å². The molecule has 2 aromatic rings. The predicted molar refractivity (Wildman–Crippen MR) is 55.7 cm³/mol. The maximum atomic E-state index is 10.7. The summed E-state index contributed by atoms with van der Waals surface area (Å²) in [5.74, 6) is -0.998. The van der Waals surface area contributed by atoms with Gasteiger partial charge in [0.2, 0.25) is 0 Å². The first-order valence-corrected chi connectivity index (χ1v) is 4.53. The van der Waals surface area contributed by atoms with E-state index in [2.05, 4.69) is 10.2 Å². The van der Waals surface area contributed by atoms with E-state index in [4.69, 9.17) is 5.11 Å². The maximum absolute atomic E-state index is 10.7. The average molecular weight is 202 g/mol. The number of aromatic amines is 1. The van der Waals surface area contributed by atoms with Gasteiger partial charge in [0.15, 0.2) is 0 Å². The molecule has 0 unspecified atom stereocenters. The Kier molecular flexibility index (Phi) is 2.25. The number of benzene rings is 1. The molecule has 2 rings (SSSR count). The number of nitrogens with zero attached hydrogens (tertiary/aromatic N) is 1. The first-order chi connectivity index (χ1) is 7.18. The van der Waals surface area contributed by atoms with Crippen molar-refractivity contribution in [2.24, 2.45) is 0 Å². The van der Waals surface area contributed by atoms with Crippen LogP contribution in [0.3, 0.4) is 0 Å². The molecule has 15 heavy (non-hydrogen) atoms. The molecule has 0 spiro atoms. The zero-order chi connectivity index (χ0) is 10.8. The zero-order valence-corrected chi connectivity index (χ0v) is 8.19. The summed E-state index contributed by atoms with van der Waals surface area (Å²) in [7, 11) is 0. The number of carboxylic acids is 1. The highest BCUT2D eigenvalue weighted by atomic mass is 16.4. The van der Waals surface area contributed by atoms with Gasteiger partial charge in [-0.1, -0.05) is 24.3 Å². The van der Waals surface area contributed by atoms with E-state index in [1.165, 1.54) is 6.07 Å². The van der Waals surface area contributed by atoms with E-state index in [-0.39, 0.29) is 5.69 Å². The quantitative estimate of drug-likeness (QED) is 0.783. The van der Waals surface area contributed by atoms with Crippen molar-refractivity contribution in [1.82, 2.24) is 10.2 Å². The van der Waals surface area contributed by atoms with E-state index >= 15 is 0 Å². The van der Waals surface area contributed by atoms with E-state index < -0.39 is 5.97 Å². The molecule has 0 aliphatic heterocycles. The Hall–Kier alpha value is -2.10. The lowest BCUT2D eigenvalue weighted by Gasteiger charge is -1.99. The first-order valence-electron chi connectivity index (χ1n) is 4.53. The van der Waals surface area contributed by atoms with Crippen LogP contribution in [0.2, 0.25) is 0 Å². The summed E-state index contributed by atoms with van der Waals surface area (Å²) in [6.45, 7) is 1.96. The number of aromatic nitrogens is 2. The zero-order valence-electron chi connectivity index (χ0n) is 8.19. The fourth-order valence-electron chi connectivity index (χ4n) is 1.43. The van der Waals surface area contributed by atoms with Gasteiger partial charge in [-0.2, -0.15) is 5.10 Å². The van der Waals surface area contributed by atoms with Gasteiger partial charge in [0.1, 0.15) is 5.69 Å². The fraction of sp³-hybridized carbons (Fsp3) is 0.0909. The Morgan fingerprint density at radius 1 is 1.40 bits per heavy atom. The molecule has 0 atom stereocenters. The number of aromatic carboxylic acids is 1. The lowest BCUT2D eigenvalue weighted by atomic mass is 10.1. The maximum Gasteiger partial charge on any atom is 0.353 e. The second-order valence-electron chi connectivity index (χ2n) is 3.29. The molecule has 4 heteroatoms. The first kappa shape index (κ1) is 9.45. The topological polar surface area (TPSA) is 66.0 Å². The Labute approximate surface area is 86.6 Å². The van der Waals surface area contributed by atoms with E-state index in [0.717, 1.165) is 11.1 Å². The van der Waals surface area contributed by atoms with Crippen LogP contribution in [-0.4, -0.2) is 21.3 Å². The normalized spacial score (nSPS) is 10.2. The number of rotatable bonds is 2. The molecule has 0 fully saturated rings. The lowest BCUT2D eigenvalue weighted by molar-refractivity contribution is 0.0690. The largest absolute Gasteiger partial charge is 0.477 e. The third-order valence-electron chi connectivity index (χ3n) is 2.23. The molecule has 2 N–H and O–H groups in total. The summed E-state index contributed by atoms with van der Waals surface area (Å²) >= 11 is 0. The summed E-state index contributed by atoms with van der Waals surface area (Å²) in [6, 6.07) is 9.24. The molecule has 0 aliphatic rings. The number of H-pyrrole nitrogens is 1. The van der Waals surface area contributed by atoms with E-state index in [1.54, 1.807) is 0 Å². The Bertz CT molecular complexity index is 503. The number of aryl methyl sites for hydroxylation is 1. The van der Waals surface area contributed by atoms with Crippen molar-refractivity contribution in [1.29, 1.82) is 0 Å². The van der Waals surface area contributed by atoms with E-state index in [9.17, 15) is 4.79 Å². The van der Waals surface area contributed by atoms with Crippen molar-refractivity contribution in [2.75, 3.05) is 0 Å². The summed E-state index contributed by atoms with van der Waals surface area (Å²) in [5, 5.41) is 15.2. The van der Waals surface area contributed by atoms with Crippen LogP contribution in [0.5, 0.6) is 0 Å². The van der Waals surface area contributed by atoms with Gasteiger partial charge in [-0.25, -0.2) is 4.79 Å². The van der Waals surface area contributed by atoms with Crippen molar-refractivity contribution >= 4 is 5.97 Å². The highest BCUT2D eigenvalue weighted by Gasteiger charge is 2.09. The minimum absolute atomic E-state index is 0.105. The van der Waals surface area contributed by atoms with Gasteiger partial charge >= 0.3 is 5.97 Å². The number of carbonyl (C=O) groups is 1. The molecular weight excluding hydrogens is 192 g/mol. The lowest BCUT2D eigenvalue weighted by Crippen LogP contribution is -1.95. The molecule has 0 saturated heterocycles. The third kappa shape index (κ3) is 1.74. The van der Waals surface area contributed by atoms with Crippen LogP contribution in [0.4, 0.5) is 0 Å². The van der Waals surface area contributed by atoms with Crippen molar-refractivity contribution in [3.8, 4) is 11.3 Å². The van der Waals surface area contributed by atoms with E-state index in [1.807, 2.05) is 31.2 Å². The molecule has 1 aromatic carbocycles. The molecule has 1 aromatic heterocycles. The molecule has 0 aliphatic carbocycles. The summed E-state index contributed by atoms with van der Waals surface area (Å²) in [5.41, 5.74) is 2.78. The van der Waals surface area contributed by atoms with E-state index in [0.29, 0.717) is 5.69 Å². The van der Waals surface area contributed by atoms with Gasteiger partial charge in [0.25, 0.3) is 0 Å². The Morgan fingerprint density at radius 3 is 2.73 bits per heavy atom. The minimum Gasteiger partial charge on any atom is -0.477 e. The van der Waals surface area contributed by atoms with Crippen molar-refractivity contribution in [2.45, 2.75) is 6.92 Å². The van der Waals surface area contributed by atoms with Crippen molar-refractivity contribution in [3.05, 3.63) is 41.6 Å². The monoisotopic (exact) mass is 202 g/mol. The van der Waals surface area contributed by atoms with Crippen LogP contribution >= 0.6 is 0 Å². The van der Waals surface area contributed by atoms with Gasteiger partial charge in [-0.3, -0.25) is 5.10 Å². The van der Waals surface area contributed by atoms with Crippen molar-refractivity contribution < 1.29 is 9.90 Å². The predicted octanol–water partition coefficient (Wildman–Crippen LogP) is 2.08. The fourth-order valence-corrected chi connectivity index (χ4v) is 1.43.